The standard InChI is InChI=1S/C17H19N3O3/c1-12-10-18-16-14(8-5-9-15(16)20(22)23)17(21)19(12)11-13-6-3-2-4-7-13/h2-9,12,17-18,21H,10-11H2,1H3. The monoisotopic (exact) mass is 313 g/mol. The van der Waals surface area contributed by atoms with Crippen LogP contribution in [-0.4, -0.2) is 27.5 Å². The Morgan fingerprint density at radius 3 is 2.70 bits per heavy atom. The SMILES string of the molecule is CC1CNc2c(cccc2[N+](=O)[O-])C(O)N1Cc1ccccc1. The van der Waals surface area contributed by atoms with Gasteiger partial charge in [-0.05, 0) is 12.5 Å². The van der Waals surface area contributed by atoms with E-state index in [4.69, 9.17) is 0 Å². The molecule has 0 radical (unpaired) electrons. The van der Waals surface area contributed by atoms with E-state index in [0.29, 0.717) is 24.3 Å². The number of benzene rings is 2. The Kier molecular flexibility index (Phi) is 4.27. The Morgan fingerprint density at radius 1 is 1.26 bits per heavy atom. The van der Waals surface area contributed by atoms with Gasteiger partial charge in [0, 0.05) is 30.8 Å². The van der Waals surface area contributed by atoms with Crippen molar-refractivity contribution in [3.8, 4) is 0 Å². The Morgan fingerprint density at radius 2 is 2.00 bits per heavy atom. The molecule has 2 aromatic rings. The summed E-state index contributed by atoms with van der Waals surface area (Å²) in [6.45, 7) is 3.10. The Hall–Kier alpha value is -2.44. The topological polar surface area (TPSA) is 78.6 Å². The molecule has 1 aliphatic heterocycles. The number of nitrogens with one attached hydrogen (secondary N) is 1. The van der Waals surface area contributed by atoms with Gasteiger partial charge in [-0.2, -0.15) is 0 Å². The minimum Gasteiger partial charge on any atom is -0.378 e. The van der Waals surface area contributed by atoms with E-state index in [9.17, 15) is 15.2 Å². The summed E-state index contributed by atoms with van der Waals surface area (Å²) in [6, 6.07) is 14.7. The highest BCUT2D eigenvalue weighted by Gasteiger charge is 2.31. The fourth-order valence-corrected chi connectivity index (χ4v) is 2.94. The van der Waals surface area contributed by atoms with E-state index in [1.54, 1.807) is 12.1 Å². The van der Waals surface area contributed by atoms with Crippen molar-refractivity contribution in [3.63, 3.8) is 0 Å². The fraction of sp³-hybridized carbons (Fsp3) is 0.294. The van der Waals surface area contributed by atoms with Crippen LogP contribution in [0.15, 0.2) is 48.5 Å². The van der Waals surface area contributed by atoms with Gasteiger partial charge in [-0.3, -0.25) is 15.0 Å². The molecule has 0 fully saturated rings. The zero-order valence-electron chi connectivity index (χ0n) is 12.8. The summed E-state index contributed by atoms with van der Waals surface area (Å²) in [7, 11) is 0. The molecule has 2 unspecified atom stereocenters. The number of hydrogen-bond donors (Lipinski definition) is 2. The van der Waals surface area contributed by atoms with Crippen molar-refractivity contribution < 1.29 is 10.0 Å². The van der Waals surface area contributed by atoms with E-state index in [-0.39, 0.29) is 11.7 Å². The molecule has 0 spiro atoms. The summed E-state index contributed by atoms with van der Waals surface area (Å²) in [4.78, 5) is 12.7. The van der Waals surface area contributed by atoms with Gasteiger partial charge in [0.15, 0.2) is 0 Å². The maximum Gasteiger partial charge on any atom is 0.292 e. The lowest BCUT2D eigenvalue weighted by molar-refractivity contribution is -0.384. The van der Waals surface area contributed by atoms with Crippen LogP contribution in [0, 0.1) is 10.1 Å². The Balaban J connectivity index is 1.97. The third-order valence-corrected chi connectivity index (χ3v) is 4.21. The highest BCUT2D eigenvalue weighted by atomic mass is 16.6. The van der Waals surface area contributed by atoms with Gasteiger partial charge in [0.05, 0.1) is 4.92 Å². The van der Waals surface area contributed by atoms with Crippen molar-refractivity contribution in [1.29, 1.82) is 0 Å². The summed E-state index contributed by atoms with van der Waals surface area (Å²) in [5, 5.41) is 25.1. The molecular weight excluding hydrogens is 294 g/mol. The van der Waals surface area contributed by atoms with Crippen molar-refractivity contribution in [3.05, 3.63) is 69.8 Å². The normalized spacial score (nSPS) is 21.1. The van der Waals surface area contributed by atoms with Crippen LogP contribution < -0.4 is 5.32 Å². The van der Waals surface area contributed by atoms with Crippen molar-refractivity contribution in [1.82, 2.24) is 4.90 Å². The van der Waals surface area contributed by atoms with Crippen LogP contribution in [0.5, 0.6) is 0 Å². The second kappa shape index (κ2) is 6.36. The second-order valence-corrected chi connectivity index (χ2v) is 5.76. The molecule has 2 atom stereocenters. The zero-order valence-corrected chi connectivity index (χ0v) is 12.8. The minimum atomic E-state index is -0.893. The summed E-state index contributed by atoms with van der Waals surface area (Å²) in [6.07, 6.45) is -0.893. The lowest BCUT2D eigenvalue weighted by Gasteiger charge is -2.31. The molecule has 6 heteroatoms. The predicted molar refractivity (Wildman–Crippen MR) is 88.0 cm³/mol. The van der Waals surface area contributed by atoms with E-state index >= 15 is 0 Å². The molecule has 0 aromatic heterocycles. The summed E-state index contributed by atoms with van der Waals surface area (Å²) in [5.41, 5.74) is 2.04. The minimum absolute atomic E-state index is 0.00434. The maximum absolute atomic E-state index is 11.2. The molecule has 1 heterocycles. The van der Waals surface area contributed by atoms with E-state index < -0.39 is 11.2 Å². The summed E-state index contributed by atoms with van der Waals surface area (Å²) < 4.78 is 0. The smallest absolute Gasteiger partial charge is 0.292 e. The summed E-state index contributed by atoms with van der Waals surface area (Å²) in [5.74, 6) is 0. The molecule has 0 amide bonds. The number of nitrogens with zero attached hydrogens (tertiary/aromatic N) is 2. The first kappa shape index (κ1) is 15.5. The number of aliphatic hydroxyl groups is 1. The van der Waals surface area contributed by atoms with Crippen LogP contribution in [0.25, 0.3) is 0 Å². The number of anilines is 1. The number of hydrogen-bond acceptors (Lipinski definition) is 5. The first-order chi connectivity index (χ1) is 11.1. The van der Waals surface area contributed by atoms with E-state index in [1.807, 2.05) is 42.2 Å². The van der Waals surface area contributed by atoms with E-state index in [1.165, 1.54) is 6.07 Å². The summed E-state index contributed by atoms with van der Waals surface area (Å²) >= 11 is 0. The number of para-hydroxylation sites is 1. The Bertz CT molecular complexity index is 705. The third-order valence-electron chi connectivity index (χ3n) is 4.21. The molecule has 0 bridgehead atoms. The predicted octanol–water partition coefficient (Wildman–Crippen LogP) is 2.90. The number of fused-ring (bicyclic) bond motifs is 1. The molecule has 2 aromatic carbocycles. The van der Waals surface area contributed by atoms with Crippen LogP contribution in [0.2, 0.25) is 0 Å². The lowest BCUT2D eigenvalue weighted by atomic mass is 10.1. The first-order valence-corrected chi connectivity index (χ1v) is 7.57. The van der Waals surface area contributed by atoms with Gasteiger partial charge in [0.25, 0.3) is 5.69 Å². The van der Waals surface area contributed by atoms with Gasteiger partial charge in [-0.25, -0.2) is 0 Å². The number of nitro groups is 1. The Labute approximate surface area is 134 Å². The number of nitro benzene ring substituents is 1. The van der Waals surface area contributed by atoms with Crippen LogP contribution in [0.4, 0.5) is 11.4 Å². The van der Waals surface area contributed by atoms with Gasteiger partial charge >= 0.3 is 0 Å². The largest absolute Gasteiger partial charge is 0.378 e. The van der Waals surface area contributed by atoms with Gasteiger partial charge in [-0.15, -0.1) is 0 Å². The van der Waals surface area contributed by atoms with Crippen molar-refractivity contribution in [2.75, 3.05) is 11.9 Å². The number of rotatable bonds is 3. The molecule has 23 heavy (non-hydrogen) atoms. The molecule has 6 nitrogen and oxygen atoms in total. The highest BCUT2D eigenvalue weighted by molar-refractivity contribution is 5.67. The molecule has 1 aliphatic rings. The average Bonchev–Trinajstić information content (AvgIpc) is 2.68. The highest BCUT2D eigenvalue weighted by Crippen LogP contribution is 2.37. The first-order valence-electron chi connectivity index (χ1n) is 7.57. The second-order valence-electron chi connectivity index (χ2n) is 5.76. The van der Waals surface area contributed by atoms with Gasteiger partial charge < -0.3 is 10.4 Å². The van der Waals surface area contributed by atoms with Crippen LogP contribution >= 0.6 is 0 Å². The van der Waals surface area contributed by atoms with Gasteiger partial charge in [0.1, 0.15) is 11.9 Å². The average molecular weight is 313 g/mol. The van der Waals surface area contributed by atoms with E-state index in [2.05, 4.69) is 5.32 Å². The molecule has 3 rings (SSSR count). The lowest BCUT2D eigenvalue weighted by Crippen LogP contribution is -2.37. The van der Waals surface area contributed by atoms with Crippen LogP contribution in [0.1, 0.15) is 24.3 Å². The van der Waals surface area contributed by atoms with Crippen molar-refractivity contribution in [2.24, 2.45) is 0 Å². The molecule has 0 aliphatic carbocycles. The zero-order chi connectivity index (χ0) is 16.4. The van der Waals surface area contributed by atoms with Crippen molar-refractivity contribution >= 4 is 11.4 Å². The van der Waals surface area contributed by atoms with Crippen LogP contribution in [0.3, 0.4) is 0 Å². The molecular formula is C17H19N3O3. The van der Waals surface area contributed by atoms with Gasteiger partial charge in [-0.1, -0.05) is 42.5 Å². The quantitative estimate of drug-likeness (QED) is 0.673. The molecule has 120 valence electrons. The molecule has 2 N–H and O–H groups in total. The van der Waals surface area contributed by atoms with Crippen molar-refractivity contribution in [2.45, 2.75) is 25.7 Å². The molecule has 0 saturated heterocycles. The molecule has 0 saturated carbocycles. The van der Waals surface area contributed by atoms with Gasteiger partial charge in [0.2, 0.25) is 0 Å². The number of aliphatic hydroxyl groups excluding tert-OH is 1. The maximum atomic E-state index is 11.2. The van der Waals surface area contributed by atoms with E-state index in [0.717, 1.165) is 5.56 Å². The fourth-order valence-electron chi connectivity index (χ4n) is 2.94. The van der Waals surface area contributed by atoms with Crippen LogP contribution in [-0.2, 0) is 6.54 Å². The third kappa shape index (κ3) is 3.04.